The maximum atomic E-state index is 3.22. The molecule has 0 bridgehead atoms. The third kappa shape index (κ3) is 4.17. The molecule has 0 saturated heterocycles. The molecule has 20 heavy (non-hydrogen) atoms. The van der Waals surface area contributed by atoms with Gasteiger partial charge in [0, 0.05) is 29.4 Å². The van der Waals surface area contributed by atoms with Crippen molar-refractivity contribution in [2.24, 2.45) is 0 Å². The highest BCUT2D eigenvalue weighted by molar-refractivity contribution is 7.12. The Hall–Kier alpha value is -1.16. The summed E-state index contributed by atoms with van der Waals surface area (Å²) in [6.07, 6.45) is 0. The summed E-state index contributed by atoms with van der Waals surface area (Å²) in [5, 5.41) is 3.22. The van der Waals surface area contributed by atoms with Crippen LogP contribution in [0.3, 0.4) is 0 Å². The van der Waals surface area contributed by atoms with E-state index >= 15 is 0 Å². The monoisotopic (exact) mass is 288 g/mol. The number of rotatable bonds is 6. The summed E-state index contributed by atoms with van der Waals surface area (Å²) in [5.74, 6) is 0. The second-order valence-corrected chi connectivity index (χ2v) is 6.82. The van der Waals surface area contributed by atoms with Crippen molar-refractivity contribution in [3.05, 3.63) is 56.8 Å². The fourth-order valence-electron chi connectivity index (χ4n) is 2.36. The predicted molar refractivity (Wildman–Crippen MR) is 88.2 cm³/mol. The van der Waals surface area contributed by atoms with E-state index in [0.717, 1.165) is 19.6 Å². The van der Waals surface area contributed by atoms with Gasteiger partial charge in [-0.05, 0) is 45.1 Å². The minimum atomic E-state index is 0.965. The lowest BCUT2D eigenvalue weighted by Gasteiger charge is -2.16. The van der Waals surface area contributed by atoms with Crippen LogP contribution in [-0.4, -0.2) is 19.0 Å². The molecule has 3 heteroatoms. The summed E-state index contributed by atoms with van der Waals surface area (Å²) >= 11 is 1.90. The number of benzene rings is 1. The predicted octanol–water partition coefficient (Wildman–Crippen LogP) is 3.72. The molecule has 0 amide bonds. The molecular weight excluding hydrogens is 264 g/mol. The van der Waals surface area contributed by atoms with Gasteiger partial charge in [-0.2, -0.15) is 0 Å². The van der Waals surface area contributed by atoms with Crippen molar-refractivity contribution in [2.45, 2.75) is 33.5 Å². The van der Waals surface area contributed by atoms with E-state index in [1.165, 1.54) is 26.4 Å². The summed E-state index contributed by atoms with van der Waals surface area (Å²) in [7, 11) is 4.19. The van der Waals surface area contributed by atoms with Gasteiger partial charge in [-0.1, -0.05) is 29.8 Å². The van der Waals surface area contributed by atoms with Gasteiger partial charge in [0.2, 0.25) is 0 Å². The van der Waals surface area contributed by atoms with Crippen LogP contribution in [0, 0.1) is 13.8 Å². The highest BCUT2D eigenvalue weighted by Crippen LogP contribution is 2.23. The van der Waals surface area contributed by atoms with Crippen LogP contribution in [0.15, 0.2) is 30.3 Å². The van der Waals surface area contributed by atoms with Gasteiger partial charge in [-0.3, -0.25) is 4.90 Å². The first-order chi connectivity index (χ1) is 9.58. The third-order valence-corrected chi connectivity index (χ3v) is 4.53. The molecule has 2 aromatic rings. The Kier molecular flexibility index (Phi) is 5.35. The molecule has 1 aromatic carbocycles. The van der Waals surface area contributed by atoms with Crippen LogP contribution in [-0.2, 0) is 19.6 Å². The van der Waals surface area contributed by atoms with Crippen LogP contribution in [0.1, 0.15) is 26.4 Å². The highest BCUT2D eigenvalue weighted by Gasteiger charge is 2.08. The SMILES string of the molecule is CNCc1cc(CN(C)Cc2ccc(C)cc2)c(C)s1. The zero-order valence-electron chi connectivity index (χ0n) is 12.9. The molecule has 0 aliphatic carbocycles. The van der Waals surface area contributed by atoms with Crippen molar-refractivity contribution in [2.75, 3.05) is 14.1 Å². The van der Waals surface area contributed by atoms with E-state index in [1.54, 1.807) is 0 Å². The third-order valence-electron chi connectivity index (χ3n) is 3.44. The van der Waals surface area contributed by atoms with E-state index < -0.39 is 0 Å². The summed E-state index contributed by atoms with van der Waals surface area (Å²) in [6.45, 7) is 7.33. The maximum Gasteiger partial charge on any atom is 0.0296 e. The van der Waals surface area contributed by atoms with Gasteiger partial charge >= 0.3 is 0 Å². The summed E-state index contributed by atoms with van der Waals surface area (Å²) in [5.41, 5.74) is 4.15. The molecule has 108 valence electrons. The first-order valence-electron chi connectivity index (χ1n) is 7.05. The Labute approximate surface area is 126 Å². The smallest absolute Gasteiger partial charge is 0.0296 e. The van der Waals surface area contributed by atoms with Crippen molar-refractivity contribution in [1.29, 1.82) is 0 Å². The first kappa shape index (κ1) is 15.2. The van der Waals surface area contributed by atoms with Gasteiger partial charge < -0.3 is 5.32 Å². The molecule has 2 nitrogen and oxygen atoms in total. The highest BCUT2D eigenvalue weighted by atomic mass is 32.1. The van der Waals surface area contributed by atoms with E-state index in [-0.39, 0.29) is 0 Å². The van der Waals surface area contributed by atoms with Gasteiger partial charge in [-0.15, -0.1) is 11.3 Å². The summed E-state index contributed by atoms with van der Waals surface area (Å²) < 4.78 is 0. The Morgan fingerprint density at radius 3 is 2.45 bits per heavy atom. The Morgan fingerprint density at radius 2 is 1.80 bits per heavy atom. The molecule has 0 atom stereocenters. The van der Waals surface area contributed by atoms with E-state index in [9.17, 15) is 0 Å². The molecule has 1 N–H and O–H groups in total. The maximum absolute atomic E-state index is 3.22. The van der Waals surface area contributed by atoms with Gasteiger partial charge in [0.1, 0.15) is 0 Å². The Balaban J connectivity index is 1.97. The van der Waals surface area contributed by atoms with Gasteiger partial charge in [0.05, 0.1) is 0 Å². The Morgan fingerprint density at radius 1 is 1.10 bits per heavy atom. The standard InChI is InChI=1S/C17H24N2S/c1-13-5-7-15(8-6-13)11-19(4)12-16-9-17(10-18-3)20-14(16)2/h5-9,18H,10-12H2,1-4H3. The fraction of sp³-hybridized carbons (Fsp3) is 0.412. The van der Waals surface area contributed by atoms with Crippen molar-refractivity contribution in [3.8, 4) is 0 Å². The lowest BCUT2D eigenvalue weighted by atomic mass is 10.1. The van der Waals surface area contributed by atoms with Crippen molar-refractivity contribution >= 4 is 11.3 Å². The van der Waals surface area contributed by atoms with Crippen molar-refractivity contribution < 1.29 is 0 Å². The average Bonchev–Trinajstić information content (AvgIpc) is 2.73. The first-order valence-corrected chi connectivity index (χ1v) is 7.87. The molecule has 0 radical (unpaired) electrons. The zero-order chi connectivity index (χ0) is 14.5. The van der Waals surface area contributed by atoms with Crippen LogP contribution in [0.4, 0.5) is 0 Å². The van der Waals surface area contributed by atoms with Crippen LogP contribution < -0.4 is 5.32 Å². The van der Waals surface area contributed by atoms with Crippen LogP contribution >= 0.6 is 11.3 Å². The average molecular weight is 288 g/mol. The molecule has 1 aromatic heterocycles. The fourth-order valence-corrected chi connectivity index (χ4v) is 3.42. The Bertz CT molecular complexity index is 543. The molecule has 0 spiro atoms. The molecule has 1 heterocycles. The van der Waals surface area contributed by atoms with E-state index in [0.29, 0.717) is 0 Å². The topological polar surface area (TPSA) is 15.3 Å². The summed E-state index contributed by atoms with van der Waals surface area (Å²) in [6, 6.07) is 11.1. The minimum Gasteiger partial charge on any atom is -0.315 e. The number of nitrogens with one attached hydrogen (secondary N) is 1. The van der Waals surface area contributed by atoms with E-state index in [1.807, 2.05) is 18.4 Å². The van der Waals surface area contributed by atoms with Crippen LogP contribution in [0.5, 0.6) is 0 Å². The van der Waals surface area contributed by atoms with E-state index in [4.69, 9.17) is 0 Å². The van der Waals surface area contributed by atoms with Gasteiger partial charge in [0.15, 0.2) is 0 Å². The molecule has 2 rings (SSSR count). The summed E-state index contributed by atoms with van der Waals surface area (Å²) in [4.78, 5) is 5.23. The lowest BCUT2D eigenvalue weighted by molar-refractivity contribution is 0.319. The number of hydrogen-bond donors (Lipinski definition) is 1. The number of hydrogen-bond acceptors (Lipinski definition) is 3. The van der Waals surface area contributed by atoms with Crippen LogP contribution in [0.2, 0.25) is 0 Å². The molecule has 0 unspecified atom stereocenters. The number of aryl methyl sites for hydroxylation is 2. The molecule has 0 saturated carbocycles. The molecule has 0 aliphatic rings. The van der Waals surface area contributed by atoms with E-state index in [2.05, 4.69) is 61.4 Å². The number of nitrogens with zero attached hydrogens (tertiary/aromatic N) is 1. The largest absolute Gasteiger partial charge is 0.315 e. The van der Waals surface area contributed by atoms with Crippen molar-refractivity contribution in [3.63, 3.8) is 0 Å². The number of thiophene rings is 1. The molecular formula is C17H24N2S. The quantitative estimate of drug-likeness (QED) is 0.871. The zero-order valence-corrected chi connectivity index (χ0v) is 13.7. The molecule has 0 aliphatic heterocycles. The molecule has 0 fully saturated rings. The van der Waals surface area contributed by atoms with Crippen LogP contribution in [0.25, 0.3) is 0 Å². The van der Waals surface area contributed by atoms with Gasteiger partial charge in [0.25, 0.3) is 0 Å². The lowest BCUT2D eigenvalue weighted by Crippen LogP contribution is -2.17. The van der Waals surface area contributed by atoms with Gasteiger partial charge in [-0.25, -0.2) is 0 Å². The normalized spacial score (nSPS) is 11.2. The van der Waals surface area contributed by atoms with Crippen molar-refractivity contribution in [1.82, 2.24) is 10.2 Å². The minimum absolute atomic E-state index is 0.965. The second-order valence-electron chi connectivity index (χ2n) is 5.48. The second kappa shape index (κ2) is 7.02.